The molecular weight excluding hydrogens is 292 g/mol. The van der Waals surface area contributed by atoms with Crippen molar-refractivity contribution in [2.75, 3.05) is 52.7 Å². The maximum atomic E-state index is 11.0. The van der Waals surface area contributed by atoms with Crippen LogP contribution in [0.4, 0.5) is 0 Å². The van der Waals surface area contributed by atoms with Crippen molar-refractivity contribution in [1.82, 2.24) is 14.9 Å². The molecule has 0 saturated carbocycles. The Morgan fingerprint density at radius 2 is 2.24 bits per heavy atom. The number of hydrogen-bond acceptors (Lipinski definition) is 4. The highest BCUT2D eigenvalue weighted by Crippen LogP contribution is 2.16. The van der Waals surface area contributed by atoms with Crippen LogP contribution >= 0.6 is 0 Å². The van der Waals surface area contributed by atoms with Gasteiger partial charge in [-0.1, -0.05) is 0 Å². The maximum Gasteiger partial charge on any atom is 0.208 e. The van der Waals surface area contributed by atoms with Gasteiger partial charge in [-0.2, -0.15) is 0 Å². The quantitative estimate of drug-likeness (QED) is 0.369. The summed E-state index contributed by atoms with van der Waals surface area (Å²) in [5, 5.41) is 3.29. The molecule has 1 unspecified atom stereocenters. The van der Waals surface area contributed by atoms with Crippen LogP contribution in [0.1, 0.15) is 19.8 Å². The fourth-order valence-electron chi connectivity index (χ4n) is 2.34. The summed E-state index contributed by atoms with van der Waals surface area (Å²) in [6, 6.07) is 0. The van der Waals surface area contributed by atoms with Crippen molar-refractivity contribution in [3.8, 4) is 0 Å². The molecule has 1 heterocycles. The molecule has 21 heavy (non-hydrogen) atoms. The first kappa shape index (κ1) is 18.2. The molecule has 2 N–H and O–H groups in total. The van der Waals surface area contributed by atoms with E-state index < -0.39 is 10.0 Å². The van der Waals surface area contributed by atoms with Crippen LogP contribution < -0.4 is 10.0 Å². The molecule has 0 radical (unpaired) electrons. The highest BCUT2D eigenvalue weighted by molar-refractivity contribution is 7.88. The molecule has 0 spiro atoms. The number of sulfonamides is 1. The second kappa shape index (κ2) is 9.22. The highest BCUT2D eigenvalue weighted by Gasteiger charge is 2.24. The Balaban J connectivity index is 2.40. The van der Waals surface area contributed by atoms with Crippen LogP contribution in [0.3, 0.4) is 0 Å². The molecule has 0 amide bonds. The van der Waals surface area contributed by atoms with E-state index in [-0.39, 0.29) is 0 Å². The number of rotatable bonds is 8. The number of methoxy groups -OCH3 is 1. The van der Waals surface area contributed by atoms with Gasteiger partial charge in [0.05, 0.1) is 12.9 Å². The van der Waals surface area contributed by atoms with Gasteiger partial charge in [-0.15, -0.1) is 0 Å². The van der Waals surface area contributed by atoms with Crippen LogP contribution in [-0.4, -0.2) is 72.0 Å². The first-order valence-corrected chi connectivity index (χ1v) is 9.32. The zero-order valence-corrected chi connectivity index (χ0v) is 14.1. The minimum Gasteiger partial charge on any atom is -0.384 e. The molecule has 0 bridgehead atoms. The Bertz CT molecular complexity index is 425. The maximum absolute atomic E-state index is 11.0. The Kier molecular flexibility index (Phi) is 7.98. The van der Waals surface area contributed by atoms with Gasteiger partial charge in [0.1, 0.15) is 0 Å². The van der Waals surface area contributed by atoms with Gasteiger partial charge in [-0.3, -0.25) is 4.99 Å². The molecule has 1 fully saturated rings. The lowest BCUT2D eigenvalue weighted by molar-refractivity contribution is 0.157. The van der Waals surface area contributed by atoms with E-state index in [0.29, 0.717) is 25.4 Å². The minimum absolute atomic E-state index is 0.425. The van der Waals surface area contributed by atoms with Crippen molar-refractivity contribution in [2.24, 2.45) is 10.9 Å². The zero-order valence-electron chi connectivity index (χ0n) is 13.3. The number of likely N-dealkylation sites (tertiary alicyclic amines) is 1. The fourth-order valence-corrected chi connectivity index (χ4v) is 2.86. The summed E-state index contributed by atoms with van der Waals surface area (Å²) in [4.78, 5) is 6.81. The summed E-state index contributed by atoms with van der Waals surface area (Å²) >= 11 is 0. The van der Waals surface area contributed by atoms with E-state index in [4.69, 9.17) is 4.74 Å². The normalized spacial score (nSPS) is 20.0. The number of aliphatic imine (C=N–C) groups is 1. The lowest BCUT2D eigenvalue weighted by atomic mass is 10.1. The van der Waals surface area contributed by atoms with Crippen LogP contribution in [0.5, 0.6) is 0 Å². The molecule has 124 valence electrons. The lowest BCUT2D eigenvalue weighted by Gasteiger charge is -2.21. The van der Waals surface area contributed by atoms with Crippen LogP contribution in [-0.2, 0) is 14.8 Å². The third kappa shape index (κ3) is 7.63. The molecule has 0 aliphatic carbocycles. The number of nitrogens with zero attached hydrogens (tertiary/aromatic N) is 2. The largest absolute Gasteiger partial charge is 0.384 e. The summed E-state index contributed by atoms with van der Waals surface area (Å²) < 4.78 is 29.6. The molecular formula is C13H28N4O3S. The molecule has 0 aromatic rings. The zero-order chi connectivity index (χ0) is 15.7. The molecule has 1 saturated heterocycles. The van der Waals surface area contributed by atoms with E-state index in [9.17, 15) is 8.42 Å². The first-order chi connectivity index (χ1) is 9.96. The standard InChI is InChI=1S/C13H28N4O3S/c1-4-14-13(15-7-5-8-16-21(3,18)19)17-9-6-12(10-17)11-20-2/h12,16H,4-11H2,1-3H3,(H,14,15). The van der Waals surface area contributed by atoms with Crippen LogP contribution in [0.2, 0.25) is 0 Å². The fraction of sp³-hybridized carbons (Fsp3) is 0.923. The van der Waals surface area contributed by atoms with Gasteiger partial charge in [-0.05, 0) is 19.8 Å². The van der Waals surface area contributed by atoms with E-state index in [1.54, 1.807) is 7.11 Å². The predicted molar refractivity (Wildman–Crippen MR) is 85.0 cm³/mol. The smallest absolute Gasteiger partial charge is 0.208 e. The third-order valence-corrected chi connectivity index (χ3v) is 4.01. The molecule has 7 nitrogen and oxygen atoms in total. The van der Waals surface area contributed by atoms with Gasteiger partial charge in [0, 0.05) is 45.8 Å². The SMILES string of the molecule is CCNC(=NCCCNS(C)(=O)=O)N1CCC(COC)C1. The van der Waals surface area contributed by atoms with Crippen LogP contribution in [0.25, 0.3) is 0 Å². The average molecular weight is 320 g/mol. The van der Waals surface area contributed by atoms with E-state index in [0.717, 1.165) is 38.6 Å². The van der Waals surface area contributed by atoms with E-state index >= 15 is 0 Å². The van der Waals surface area contributed by atoms with Crippen molar-refractivity contribution < 1.29 is 13.2 Å². The summed E-state index contributed by atoms with van der Waals surface area (Å²) in [5.41, 5.74) is 0. The van der Waals surface area contributed by atoms with Crippen molar-refractivity contribution in [3.05, 3.63) is 0 Å². The second-order valence-electron chi connectivity index (χ2n) is 5.31. The molecule has 1 rings (SSSR count). The first-order valence-electron chi connectivity index (χ1n) is 7.43. The highest BCUT2D eigenvalue weighted by atomic mass is 32.2. The van der Waals surface area contributed by atoms with E-state index in [2.05, 4.69) is 19.9 Å². The van der Waals surface area contributed by atoms with E-state index in [1.807, 2.05) is 6.92 Å². The predicted octanol–water partition coefficient (Wildman–Crippen LogP) is -0.140. The number of nitrogens with one attached hydrogen (secondary N) is 2. The van der Waals surface area contributed by atoms with Crippen molar-refractivity contribution in [1.29, 1.82) is 0 Å². The summed E-state index contributed by atoms with van der Waals surface area (Å²) in [6.07, 6.45) is 2.98. The summed E-state index contributed by atoms with van der Waals surface area (Å²) in [6.45, 7) is 6.64. The van der Waals surface area contributed by atoms with Crippen LogP contribution in [0, 0.1) is 5.92 Å². The van der Waals surface area contributed by atoms with Crippen LogP contribution in [0.15, 0.2) is 4.99 Å². The minimum atomic E-state index is -3.10. The number of guanidine groups is 1. The Hall–Kier alpha value is -0.860. The molecule has 1 aliphatic rings. The topological polar surface area (TPSA) is 83.0 Å². The molecule has 0 aromatic heterocycles. The second-order valence-corrected chi connectivity index (χ2v) is 7.14. The van der Waals surface area contributed by atoms with Gasteiger partial charge < -0.3 is 15.0 Å². The van der Waals surface area contributed by atoms with Crippen molar-refractivity contribution in [2.45, 2.75) is 19.8 Å². The van der Waals surface area contributed by atoms with Gasteiger partial charge in [0.2, 0.25) is 10.0 Å². The molecule has 1 aliphatic heterocycles. The Morgan fingerprint density at radius 3 is 2.86 bits per heavy atom. The van der Waals surface area contributed by atoms with Gasteiger partial charge in [0.25, 0.3) is 0 Å². The molecule has 8 heteroatoms. The van der Waals surface area contributed by atoms with Gasteiger partial charge in [0.15, 0.2) is 5.96 Å². The Morgan fingerprint density at radius 1 is 1.48 bits per heavy atom. The lowest BCUT2D eigenvalue weighted by Crippen LogP contribution is -2.40. The van der Waals surface area contributed by atoms with Gasteiger partial charge >= 0.3 is 0 Å². The van der Waals surface area contributed by atoms with Crippen molar-refractivity contribution >= 4 is 16.0 Å². The average Bonchev–Trinajstić information content (AvgIpc) is 2.85. The number of ether oxygens (including phenoxy) is 1. The summed E-state index contributed by atoms with van der Waals surface area (Å²) in [5.74, 6) is 1.47. The monoisotopic (exact) mass is 320 g/mol. The molecule has 1 atom stereocenters. The Labute approximate surface area is 128 Å². The van der Waals surface area contributed by atoms with E-state index in [1.165, 1.54) is 6.26 Å². The summed E-state index contributed by atoms with van der Waals surface area (Å²) in [7, 11) is -1.37. The van der Waals surface area contributed by atoms with Gasteiger partial charge in [-0.25, -0.2) is 13.1 Å². The molecule has 0 aromatic carbocycles. The third-order valence-electron chi connectivity index (χ3n) is 3.28. The van der Waals surface area contributed by atoms with Crippen molar-refractivity contribution in [3.63, 3.8) is 0 Å². The number of hydrogen-bond donors (Lipinski definition) is 2.